The Morgan fingerprint density at radius 2 is 2.00 bits per heavy atom. The fourth-order valence-electron chi connectivity index (χ4n) is 2.91. The average molecular weight is 457 g/mol. The molecule has 0 bridgehead atoms. The van der Waals surface area contributed by atoms with Crippen LogP contribution in [-0.4, -0.2) is 29.2 Å². The van der Waals surface area contributed by atoms with Gasteiger partial charge in [0.1, 0.15) is 5.60 Å². The van der Waals surface area contributed by atoms with Crippen LogP contribution in [0.15, 0.2) is 64.2 Å². The van der Waals surface area contributed by atoms with E-state index in [0.29, 0.717) is 5.52 Å². The number of rotatable bonds is 5. The summed E-state index contributed by atoms with van der Waals surface area (Å²) in [5.74, 6) is 0. The van der Waals surface area contributed by atoms with Crippen molar-refractivity contribution in [3.8, 4) is 0 Å². The predicted octanol–water partition coefficient (Wildman–Crippen LogP) is 5.43. The molecule has 0 radical (unpaired) electrons. The molecular formula is C22H23BrN3O3-. The van der Waals surface area contributed by atoms with Crippen LogP contribution in [0.3, 0.4) is 0 Å². The van der Waals surface area contributed by atoms with Crippen molar-refractivity contribution >= 4 is 39.1 Å². The van der Waals surface area contributed by atoms with Crippen molar-refractivity contribution in [3.63, 3.8) is 0 Å². The van der Waals surface area contributed by atoms with Gasteiger partial charge in [-0.15, -0.1) is 0 Å². The SMILES string of the molecule is CC(C)(C)OC(=O)NCC(N=Cc1ccccc1)c1cn([O-])c2cc(Br)ccc12. The van der Waals surface area contributed by atoms with Crippen molar-refractivity contribution in [2.45, 2.75) is 32.4 Å². The second-order valence-corrected chi connectivity index (χ2v) is 8.57. The quantitative estimate of drug-likeness (QED) is 0.519. The lowest BCUT2D eigenvalue weighted by Crippen LogP contribution is -2.34. The molecule has 3 rings (SSSR count). The minimum absolute atomic E-state index is 0.202. The van der Waals surface area contributed by atoms with Gasteiger partial charge in [0.05, 0.1) is 6.04 Å². The number of nitrogens with zero attached hydrogens (tertiary/aromatic N) is 2. The number of alkyl carbamates (subject to hydrolysis) is 1. The fraction of sp³-hybridized carbons (Fsp3) is 0.273. The smallest absolute Gasteiger partial charge is 0.407 e. The molecule has 1 amide bonds. The van der Waals surface area contributed by atoms with Crippen molar-refractivity contribution in [2.75, 3.05) is 6.54 Å². The maximum absolute atomic E-state index is 12.4. The third kappa shape index (κ3) is 5.60. The number of hydrogen-bond donors (Lipinski definition) is 1. The van der Waals surface area contributed by atoms with Crippen LogP contribution in [0, 0.1) is 5.21 Å². The van der Waals surface area contributed by atoms with Gasteiger partial charge < -0.3 is 20.0 Å². The zero-order valence-electron chi connectivity index (χ0n) is 16.6. The molecule has 0 saturated carbocycles. The summed E-state index contributed by atoms with van der Waals surface area (Å²) in [6.45, 7) is 5.62. The lowest BCUT2D eigenvalue weighted by molar-refractivity contribution is 0.0525. The van der Waals surface area contributed by atoms with Crippen molar-refractivity contribution in [2.24, 2.45) is 4.99 Å². The van der Waals surface area contributed by atoms with Crippen LogP contribution in [0.1, 0.15) is 37.9 Å². The molecule has 7 heteroatoms. The van der Waals surface area contributed by atoms with Crippen LogP contribution >= 0.6 is 15.9 Å². The van der Waals surface area contributed by atoms with E-state index in [2.05, 4.69) is 26.2 Å². The van der Waals surface area contributed by atoms with E-state index in [1.165, 1.54) is 6.20 Å². The molecule has 6 nitrogen and oxygen atoms in total. The Labute approximate surface area is 178 Å². The number of carbonyl (C=O) groups is 1. The van der Waals surface area contributed by atoms with Crippen LogP contribution < -0.4 is 5.32 Å². The van der Waals surface area contributed by atoms with Gasteiger partial charge in [-0.1, -0.05) is 52.3 Å². The van der Waals surface area contributed by atoms with Gasteiger partial charge in [-0.2, -0.15) is 0 Å². The van der Waals surface area contributed by atoms with Crippen molar-refractivity contribution < 1.29 is 9.53 Å². The highest BCUT2D eigenvalue weighted by atomic mass is 79.9. The molecular weight excluding hydrogens is 434 g/mol. The van der Waals surface area contributed by atoms with E-state index in [0.717, 1.165) is 25.7 Å². The van der Waals surface area contributed by atoms with Gasteiger partial charge in [0.25, 0.3) is 0 Å². The minimum Gasteiger partial charge on any atom is -0.806 e. The maximum Gasteiger partial charge on any atom is 0.407 e. The van der Waals surface area contributed by atoms with Crippen LogP contribution in [0.5, 0.6) is 0 Å². The normalized spacial score (nSPS) is 13.0. The summed E-state index contributed by atoms with van der Waals surface area (Å²) in [6.07, 6.45) is 2.74. The van der Waals surface area contributed by atoms with Crippen molar-refractivity contribution in [3.05, 3.63) is 75.5 Å². The van der Waals surface area contributed by atoms with E-state index in [9.17, 15) is 10.0 Å². The highest BCUT2D eigenvalue weighted by molar-refractivity contribution is 9.10. The van der Waals surface area contributed by atoms with Crippen LogP contribution in [0.25, 0.3) is 10.9 Å². The van der Waals surface area contributed by atoms with Crippen molar-refractivity contribution in [1.29, 1.82) is 0 Å². The molecule has 0 aliphatic rings. The average Bonchev–Trinajstić information content (AvgIpc) is 2.97. The number of aromatic nitrogens is 1. The molecule has 0 aliphatic heterocycles. The summed E-state index contributed by atoms with van der Waals surface area (Å²) in [6, 6.07) is 14.7. The van der Waals surface area contributed by atoms with E-state index in [4.69, 9.17) is 4.74 Å². The van der Waals surface area contributed by atoms with E-state index in [1.54, 1.807) is 33.1 Å². The summed E-state index contributed by atoms with van der Waals surface area (Å²) in [4.78, 5) is 16.8. The summed E-state index contributed by atoms with van der Waals surface area (Å²) in [5.41, 5.74) is 1.63. The topological polar surface area (TPSA) is 78.7 Å². The van der Waals surface area contributed by atoms with Crippen LogP contribution in [0.2, 0.25) is 0 Å². The minimum atomic E-state index is -0.593. The first kappa shape index (κ1) is 20.9. The summed E-state index contributed by atoms with van der Waals surface area (Å²) in [5, 5.41) is 15.9. The zero-order chi connectivity index (χ0) is 21.0. The number of nitrogens with one attached hydrogen (secondary N) is 1. The molecule has 1 heterocycles. The van der Waals surface area contributed by atoms with Gasteiger partial charge in [-0.3, -0.25) is 4.99 Å². The van der Waals surface area contributed by atoms with Crippen molar-refractivity contribution in [1.82, 2.24) is 10.0 Å². The lowest BCUT2D eigenvalue weighted by atomic mass is 10.1. The summed E-state index contributed by atoms with van der Waals surface area (Å²) >= 11 is 3.40. The van der Waals surface area contributed by atoms with E-state index < -0.39 is 17.7 Å². The molecule has 1 unspecified atom stereocenters. The molecule has 1 aromatic heterocycles. The number of amides is 1. The molecule has 0 fully saturated rings. The van der Waals surface area contributed by atoms with E-state index >= 15 is 0 Å². The molecule has 0 spiro atoms. The van der Waals surface area contributed by atoms with Gasteiger partial charge in [0, 0.05) is 39.9 Å². The highest BCUT2D eigenvalue weighted by Crippen LogP contribution is 2.30. The first-order valence-electron chi connectivity index (χ1n) is 9.26. The number of aliphatic imine (C=N–C) groups is 1. The standard InChI is InChI=1S/C22H23BrN3O3/c1-22(2,3)29-21(27)25-13-19(24-12-15-7-5-4-6-8-15)18-14-26(28)20-11-16(23)9-10-17(18)20/h4-12,14,19H,13H2,1-3H3,(H,25,27)/q-1. The molecule has 29 heavy (non-hydrogen) atoms. The second-order valence-electron chi connectivity index (χ2n) is 7.66. The Hall–Kier alpha value is -2.80. The zero-order valence-corrected chi connectivity index (χ0v) is 18.1. The third-order valence-corrected chi connectivity index (χ3v) is 4.66. The number of benzene rings is 2. The van der Waals surface area contributed by atoms with Gasteiger partial charge in [0.2, 0.25) is 0 Å². The first-order valence-corrected chi connectivity index (χ1v) is 10.1. The highest BCUT2D eigenvalue weighted by Gasteiger charge is 2.20. The second kappa shape index (κ2) is 8.69. The monoisotopic (exact) mass is 456 g/mol. The molecule has 3 aromatic rings. The molecule has 1 N–H and O–H groups in total. The fourth-order valence-corrected chi connectivity index (χ4v) is 3.26. The van der Waals surface area contributed by atoms with E-state index in [1.807, 2.05) is 42.5 Å². The summed E-state index contributed by atoms with van der Waals surface area (Å²) < 4.78 is 6.97. The van der Waals surface area contributed by atoms with Crippen LogP contribution in [-0.2, 0) is 4.74 Å². The molecule has 2 aromatic carbocycles. The van der Waals surface area contributed by atoms with Gasteiger partial charge >= 0.3 is 6.09 Å². The van der Waals surface area contributed by atoms with Gasteiger partial charge in [0.15, 0.2) is 0 Å². The molecule has 0 aliphatic carbocycles. The lowest BCUT2D eigenvalue weighted by Gasteiger charge is -2.21. The Bertz CT molecular complexity index is 1020. The van der Waals surface area contributed by atoms with Crippen LogP contribution in [0.4, 0.5) is 4.79 Å². The van der Waals surface area contributed by atoms with Gasteiger partial charge in [-0.25, -0.2) is 4.79 Å². The maximum atomic E-state index is 12.4. The number of fused-ring (bicyclic) bond motifs is 1. The Kier molecular flexibility index (Phi) is 6.27. The molecule has 1 atom stereocenters. The summed E-state index contributed by atoms with van der Waals surface area (Å²) in [7, 11) is 0. The molecule has 152 valence electrons. The number of hydrogen-bond acceptors (Lipinski definition) is 4. The Balaban J connectivity index is 1.90. The largest absolute Gasteiger partial charge is 0.806 e. The van der Waals surface area contributed by atoms with E-state index in [-0.39, 0.29) is 6.54 Å². The third-order valence-electron chi connectivity index (χ3n) is 4.17. The van der Waals surface area contributed by atoms with Gasteiger partial charge in [-0.05, 0) is 38.5 Å². The Morgan fingerprint density at radius 3 is 2.69 bits per heavy atom. The predicted molar refractivity (Wildman–Crippen MR) is 119 cm³/mol. The Morgan fingerprint density at radius 1 is 1.28 bits per heavy atom. The first-order chi connectivity index (χ1) is 13.7. The number of carbonyl (C=O) groups excluding carboxylic acids is 1. The number of halogens is 1. The number of ether oxygens (including phenoxy) is 1. The molecule has 0 saturated heterocycles.